The standard InChI is InChI=1S/C20H15ClN3O.C5H5.Fe/c1-25-15-7-9-18-17(11-15)20(24-22-12-13-4-2-3-5-13)16-8-6-14(21)10-19(16)23-18;1-2-4-5-3-1;/h2-12H,1H3,(H,23,24);1-5H;/q;;+2/b22-12+;;. The van der Waals surface area contributed by atoms with Gasteiger partial charge in [-0.05, 0) is 94.2 Å². The number of fused-ring (bicyclic) bond motifs is 2. The fourth-order valence-electron chi connectivity index (χ4n) is 3.11. The van der Waals surface area contributed by atoms with Crippen LogP contribution in [0.1, 0.15) is 0 Å². The SMILES string of the molecule is COc1ccc2nc3cc(Cl)ccc3c(N/N=C/[C]3[CH][CH][CH][CH]3)c2c1.[CH]1[CH][CH][CH][CH]1.[Fe+2]. The van der Waals surface area contributed by atoms with Gasteiger partial charge in [-0.1, -0.05) is 11.6 Å². The molecule has 2 saturated carbocycles. The molecule has 6 heteroatoms. The summed E-state index contributed by atoms with van der Waals surface area (Å²) >= 11 is 6.13. The summed E-state index contributed by atoms with van der Waals surface area (Å²) in [5.41, 5.74) is 5.71. The number of pyridine rings is 1. The van der Waals surface area contributed by atoms with Crippen molar-refractivity contribution < 1.29 is 21.8 Å². The van der Waals surface area contributed by atoms with Crippen LogP contribution >= 0.6 is 11.6 Å². The third kappa shape index (κ3) is 6.12. The van der Waals surface area contributed by atoms with Crippen LogP contribution in [0.5, 0.6) is 5.75 Å². The maximum atomic E-state index is 6.13. The van der Waals surface area contributed by atoms with Gasteiger partial charge in [0.25, 0.3) is 0 Å². The molecule has 1 aromatic heterocycles. The van der Waals surface area contributed by atoms with Crippen LogP contribution in [0.15, 0.2) is 41.5 Å². The monoisotopic (exact) mass is 469 g/mol. The zero-order valence-electron chi connectivity index (χ0n) is 16.8. The Hall–Kier alpha value is -1.81. The number of rotatable bonds is 4. The molecule has 1 N–H and O–H groups in total. The number of anilines is 1. The quantitative estimate of drug-likeness (QED) is 0.225. The molecule has 4 nitrogen and oxygen atoms in total. The van der Waals surface area contributed by atoms with Crippen LogP contribution in [0.2, 0.25) is 5.02 Å². The Labute approximate surface area is 200 Å². The third-order valence-corrected chi connectivity index (χ3v) is 4.81. The maximum Gasteiger partial charge on any atom is 2.00 e. The average molecular weight is 470 g/mol. The molecule has 1 heterocycles. The van der Waals surface area contributed by atoms with Crippen molar-refractivity contribution in [3.8, 4) is 5.75 Å². The van der Waals surface area contributed by atoms with E-state index in [0.29, 0.717) is 5.02 Å². The largest absolute Gasteiger partial charge is 2.00 e. The molecule has 0 spiro atoms. The number of nitrogens with zero attached hydrogens (tertiary/aromatic N) is 2. The number of hydrazone groups is 1. The Morgan fingerprint density at radius 1 is 0.871 bits per heavy atom. The van der Waals surface area contributed by atoms with Gasteiger partial charge in [-0.25, -0.2) is 4.98 Å². The molecule has 31 heavy (non-hydrogen) atoms. The number of benzene rings is 2. The number of hydrogen-bond donors (Lipinski definition) is 1. The molecule has 10 radical (unpaired) electrons. The van der Waals surface area contributed by atoms with Crippen molar-refractivity contribution in [2.24, 2.45) is 5.10 Å². The molecule has 0 atom stereocenters. The van der Waals surface area contributed by atoms with Crippen molar-refractivity contribution in [2.45, 2.75) is 0 Å². The Morgan fingerprint density at radius 2 is 1.58 bits per heavy atom. The second-order valence-corrected chi connectivity index (χ2v) is 7.02. The first-order valence-electron chi connectivity index (χ1n) is 9.49. The van der Waals surface area contributed by atoms with Gasteiger partial charge in [-0.15, -0.1) is 0 Å². The minimum atomic E-state index is 0. The number of hydrogen-bond acceptors (Lipinski definition) is 4. The van der Waals surface area contributed by atoms with E-state index in [4.69, 9.17) is 21.3 Å². The molecule has 2 aliphatic rings. The molecular formula is C25H20ClFeN3O+2. The molecule has 0 aliphatic heterocycles. The summed E-state index contributed by atoms with van der Waals surface area (Å²) < 4.78 is 5.36. The van der Waals surface area contributed by atoms with Crippen LogP contribution in [-0.2, 0) is 17.1 Å². The van der Waals surface area contributed by atoms with Crippen molar-refractivity contribution in [2.75, 3.05) is 12.5 Å². The van der Waals surface area contributed by atoms with Crippen LogP contribution in [0, 0.1) is 63.7 Å². The summed E-state index contributed by atoms with van der Waals surface area (Å²) in [6, 6.07) is 11.4. The molecule has 154 valence electrons. The number of nitrogens with one attached hydrogen (secondary N) is 1. The minimum absolute atomic E-state index is 0. The van der Waals surface area contributed by atoms with E-state index in [-0.39, 0.29) is 17.1 Å². The molecule has 5 rings (SSSR count). The van der Waals surface area contributed by atoms with Crippen LogP contribution in [0.3, 0.4) is 0 Å². The van der Waals surface area contributed by atoms with Crippen molar-refractivity contribution in [3.05, 3.63) is 105 Å². The maximum absolute atomic E-state index is 6.13. The first-order chi connectivity index (χ1) is 14.7. The Balaban J connectivity index is 0.000000401. The van der Waals surface area contributed by atoms with Crippen molar-refractivity contribution in [1.29, 1.82) is 0 Å². The molecule has 0 bridgehead atoms. The minimum Gasteiger partial charge on any atom is -0.497 e. The van der Waals surface area contributed by atoms with Crippen molar-refractivity contribution >= 4 is 45.3 Å². The van der Waals surface area contributed by atoms with E-state index in [0.717, 1.165) is 39.2 Å². The smallest absolute Gasteiger partial charge is 0.497 e. The van der Waals surface area contributed by atoms with E-state index in [1.54, 1.807) is 13.3 Å². The fourth-order valence-corrected chi connectivity index (χ4v) is 3.28. The van der Waals surface area contributed by atoms with E-state index in [1.165, 1.54) is 0 Å². The van der Waals surface area contributed by atoms with E-state index in [2.05, 4.69) is 10.5 Å². The zero-order chi connectivity index (χ0) is 20.8. The summed E-state index contributed by atoms with van der Waals surface area (Å²) in [6.07, 6.45) is 19.7. The average Bonchev–Trinajstić information content (AvgIpc) is 3.50. The Kier molecular flexibility index (Phi) is 9.01. The molecule has 3 aromatic rings. The zero-order valence-corrected chi connectivity index (χ0v) is 18.6. The topological polar surface area (TPSA) is 46.5 Å². The fraction of sp³-hybridized carbons (Fsp3) is 0.0400. The van der Waals surface area contributed by atoms with Gasteiger partial charge < -0.3 is 4.74 Å². The molecule has 0 amide bonds. The number of ether oxygens (including phenoxy) is 1. The normalized spacial score (nSPS) is 16.3. The van der Waals surface area contributed by atoms with E-state index in [1.807, 2.05) is 94.2 Å². The summed E-state index contributed by atoms with van der Waals surface area (Å²) in [4.78, 5) is 4.70. The first-order valence-corrected chi connectivity index (χ1v) is 9.87. The van der Waals surface area contributed by atoms with Crippen molar-refractivity contribution in [1.82, 2.24) is 4.98 Å². The van der Waals surface area contributed by atoms with Crippen LogP contribution in [0.25, 0.3) is 21.8 Å². The van der Waals surface area contributed by atoms with E-state index < -0.39 is 0 Å². The van der Waals surface area contributed by atoms with E-state index in [9.17, 15) is 0 Å². The summed E-state index contributed by atoms with van der Waals surface area (Å²) in [6.45, 7) is 0. The molecule has 0 saturated heterocycles. The Bertz CT molecular complexity index is 1020. The van der Waals surface area contributed by atoms with Gasteiger partial charge in [-0.2, -0.15) is 5.10 Å². The predicted molar refractivity (Wildman–Crippen MR) is 125 cm³/mol. The van der Waals surface area contributed by atoms with Gasteiger partial charge in [0.2, 0.25) is 0 Å². The van der Waals surface area contributed by atoms with Gasteiger partial charge in [0.1, 0.15) is 5.75 Å². The number of methoxy groups -OCH3 is 1. The summed E-state index contributed by atoms with van der Waals surface area (Å²) in [5, 5.41) is 6.93. The Morgan fingerprint density at radius 3 is 2.26 bits per heavy atom. The van der Waals surface area contributed by atoms with Gasteiger partial charge in [-0.3, -0.25) is 5.43 Å². The molecule has 2 fully saturated rings. The first kappa shape index (κ1) is 23.8. The predicted octanol–water partition coefficient (Wildman–Crippen LogP) is 5.87. The second-order valence-electron chi connectivity index (χ2n) is 6.58. The van der Waals surface area contributed by atoms with Gasteiger partial charge in [0.05, 0.1) is 23.8 Å². The molecule has 0 unspecified atom stereocenters. The summed E-state index contributed by atoms with van der Waals surface area (Å²) in [7, 11) is 1.65. The van der Waals surface area contributed by atoms with Gasteiger partial charge >= 0.3 is 17.1 Å². The van der Waals surface area contributed by atoms with E-state index >= 15 is 0 Å². The number of aromatic nitrogens is 1. The molecule has 2 aromatic carbocycles. The van der Waals surface area contributed by atoms with Crippen LogP contribution in [0.4, 0.5) is 5.69 Å². The molecule has 2 aliphatic carbocycles. The van der Waals surface area contributed by atoms with Gasteiger partial charge in [0, 0.05) is 27.9 Å². The third-order valence-electron chi connectivity index (χ3n) is 4.58. The van der Waals surface area contributed by atoms with Crippen molar-refractivity contribution in [3.63, 3.8) is 0 Å². The second kappa shape index (κ2) is 11.7. The molecular weight excluding hydrogens is 450 g/mol. The number of halogens is 1. The van der Waals surface area contributed by atoms with Crippen LogP contribution in [-0.4, -0.2) is 18.3 Å². The van der Waals surface area contributed by atoms with Crippen LogP contribution < -0.4 is 10.2 Å². The summed E-state index contributed by atoms with van der Waals surface area (Å²) in [5.74, 6) is 1.81. The van der Waals surface area contributed by atoms with Gasteiger partial charge in [0.15, 0.2) is 0 Å².